The number of aromatic nitrogens is 4. The predicted molar refractivity (Wildman–Crippen MR) is 111 cm³/mol. The number of rotatable bonds is 6. The van der Waals surface area contributed by atoms with Gasteiger partial charge in [0.1, 0.15) is 5.75 Å². The lowest BCUT2D eigenvalue weighted by Gasteiger charge is -2.08. The van der Waals surface area contributed by atoms with Crippen LogP contribution < -0.4 is 10.3 Å². The first-order valence-corrected chi connectivity index (χ1v) is 9.89. The second-order valence-corrected chi connectivity index (χ2v) is 7.37. The molecule has 7 nitrogen and oxygen atoms in total. The van der Waals surface area contributed by atoms with E-state index < -0.39 is 0 Å². The normalized spacial score (nSPS) is 11.0. The van der Waals surface area contributed by atoms with E-state index in [1.54, 1.807) is 30.0 Å². The third kappa shape index (κ3) is 3.79. The summed E-state index contributed by atoms with van der Waals surface area (Å²) in [6.45, 7) is 1.98. The molecule has 0 saturated carbocycles. The molecule has 0 bridgehead atoms. The van der Waals surface area contributed by atoms with Gasteiger partial charge in [-0.05, 0) is 19.1 Å². The van der Waals surface area contributed by atoms with Crippen molar-refractivity contribution < 1.29 is 9.53 Å². The van der Waals surface area contributed by atoms with Crippen LogP contribution in [0.3, 0.4) is 0 Å². The third-order valence-corrected chi connectivity index (χ3v) is 5.42. The molecule has 0 unspecified atom stereocenters. The fraction of sp³-hybridized carbons (Fsp3) is 0.143. The van der Waals surface area contributed by atoms with Crippen LogP contribution in [0, 0.1) is 6.92 Å². The Morgan fingerprint density at radius 2 is 1.90 bits per heavy atom. The highest BCUT2D eigenvalue weighted by molar-refractivity contribution is 7.99. The number of fused-ring (bicyclic) bond motifs is 1. The van der Waals surface area contributed by atoms with Crippen molar-refractivity contribution in [3.05, 3.63) is 82.4 Å². The van der Waals surface area contributed by atoms with E-state index in [2.05, 4.69) is 10.2 Å². The molecule has 2 aromatic heterocycles. The summed E-state index contributed by atoms with van der Waals surface area (Å²) in [6.07, 6.45) is 3.37. The lowest BCUT2D eigenvalue weighted by Crippen LogP contribution is -2.20. The first kappa shape index (κ1) is 18.9. The first-order valence-electron chi connectivity index (χ1n) is 8.90. The summed E-state index contributed by atoms with van der Waals surface area (Å²) in [4.78, 5) is 25.3. The Morgan fingerprint density at radius 3 is 2.66 bits per heavy atom. The van der Waals surface area contributed by atoms with Crippen LogP contribution in [0.25, 0.3) is 11.3 Å². The summed E-state index contributed by atoms with van der Waals surface area (Å²) in [6, 6.07) is 14.6. The van der Waals surface area contributed by atoms with E-state index in [4.69, 9.17) is 4.74 Å². The number of nitrogens with zero attached hydrogens (tertiary/aromatic N) is 4. The Labute approximate surface area is 171 Å². The van der Waals surface area contributed by atoms with Crippen LogP contribution in [0.2, 0.25) is 0 Å². The maximum absolute atomic E-state index is 12.9. The number of thioether (sulfide) groups is 1. The molecular weight excluding hydrogens is 388 g/mol. The fourth-order valence-corrected chi connectivity index (χ4v) is 3.69. The molecule has 0 spiro atoms. The molecule has 4 aromatic rings. The van der Waals surface area contributed by atoms with E-state index in [-0.39, 0.29) is 22.7 Å². The van der Waals surface area contributed by atoms with Crippen LogP contribution in [0.4, 0.5) is 0 Å². The second kappa shape index (κ2) is 7.92. The monoisotopic (exact) mass is 406 g/mol. The molecule has 2 aromatic carbocycles. The Bertz CT molecular complexity index is 1250. The quantitative estimate of drug-likeness (QED) is 0.362. The molecule has 0 fully saturated rings. The minimum Gasteiger partial charge on any atom is -0.497 e. The van der Waals surface area contributed by atoms with Crippen LogP contribution in [0.15, 0.2) is 70.9 Å². The van der Waals surface area contributed by atoms with Gasteiger partial charge in [-0.2, -0.15) is 0 Å². The van der Waals surface area contributed by atoms with Gasteiger partial charge >= 0.3 is 5.56 Å². The van der Waals surface area contributed by atoms with E-state index in [1.165, 1.54) is 16.3 Å². The molecule has 0 aliphatic heterocycles. The molecule has 4 rings (SSSR count). The van der Waals surface area contributed by atoms with Crippen LogP contribution in [-0.4, -0.2) is 37.8 Å². The number of carbonyl (C=O) groups is 1. The zero-order valence-corrected chi connectivity index (χ0v) is 16.7. The van der Waals surface area contributed by atoms with Crippen LogP contribution >= 0.6 is 11.8 Å². The molecule has 8 heteroatoms. The highest BCUT2D eigenvalue weighted by atomic mass is 32.2. The highest BCUT2D eigenvalue weighted by Gasteiger charge is 2.14. The maximum Gasteiger partial charge on any atom is 0.300 e. The number of ether oxygens (including phenoxy) is 1. The average molecular weight is 406 g/mol. The largest absolute Gasteiger partial charge is 0.497 e. The molecular formula is C21H18N4O3S. The predicted octanol–water partition coefficient (Wildman–Crippen LogP) is 3.17. The minimum atomic E-state index is -0.301. The lowest BCUT2D eigenvalue weighted by atomic mass is 10.1. The van der Waals surface area contributed by atoms with E-state index in [9.17, 15) is 9.59 Å². The van der Waals surface area contributed by atoms with E-state index in [1.807, 2.05) is 49.4 Å². The van der Waals surface area contributed by atoms with Gasteiger partial charge in [-0.3, -0.25) is 18.6 Å². The standard InChI is InChI=1S/C21H18N4O3S/c1-14-6-8-15(9-7-14)18(26)13-29-21-23-22-19-20(27)24(10-11-25(19)21)16-4-3-5-17(12-16)28-2/h3-12H,13H2,1-2H3. The number of carbonyl (C=O) groups excluding carboxylic acids is 1. The van der Waals surface area contributed by atoms with Crippen molar-refractivity contribution in [2.75, 3.05) is 12.9 Å². The van der Waals surface area contributed by atoms with Crippen molar-refractivity contribution in [1.82, 2.24) is 19.2 Å². The van der Waals surface area contributed by atoms with Gasteiger partial charge in [0, 0.05) is 24.0 Å². The smallest absolute Gasteiger partial charge is 0.300 e. The van der Waals surface area contributed by atoms with E-state index in [0.29, 0.717) is 22.2 Å². The number of benzene rings is 2. The number of ketones is 1. The zero-order valence-electron chi connectivity index (χ0n) is 15.9. The van der Waals surface area contributed by atoms with Crippen molar-refractivity contribution in [3.8, 4) is 11.4 Å². The van der Waals surface area contributed by atoms with E-state index >= 15 is 0 Å². The van der Waals surface area contributed by atoms with Crippen LogP contribution in [-0.2, 0) is 0 Å². The highest BCUT2D eigenvalue weighted by Crippen LogP contribution is 2.19. The summed E-state index contributed by atoms with van der Waals surface area (Å²) in [5.74, 6) is 0.862. The minimum absolute atomic E-state index is 0.00327. The fourth-order valence-electron chi connectivity index (χ4n) is 2.88. The van der Waals surface area contributed by atoms with Crippen molar-refractivity contribution in [2.45, 2.75) is 12.1 Å². The molecule has 0 N–H and O–H groups in total. The number of aryl methyl sites for hydroxylation is 1. The second-order valence-electron chi connectivity index (χ2n) is 6.43. The number of Topliss-reactive ketones (excluding diaryl/α,β-unsaturated/α-hetero) is 1. The lowest BCUT2D eigenvalue weighted by molar-refractivity contribution is 0.102. The third-order valence-electron chi connectivity index (χ3n) is 4.48. The summed E-state index contributed by atoms with van der Waals surface area (Å²) >= 11 is 1.25. The molecule has 0 atom stereocenters. The molecule has 0 radical (unpaired) electrons. The van der Waals surface area contributed by atoms with Gasteiger partial charge in [0.2, 0.25) is 5.65 Å². The summed E-state index contributed by atoms with van der Waals surface area (Å²) in [5, 5.41) is 8.61. The number of methoxy groups -OCH3 is 1. The van der Waals surface area contributed by atoms with Crippen molar-refractivity contribution in [1.29, 1.82) is 0 Å². The van der Waals surface area contributed by atoms with Gasteiger partial charge in [-0.1, -0.05) is 47.7 Å². The summed E-state index contributed by atoms with van der Waals surface area (Å²) in [5.41, 5.74) is 2.32. The summed E-state index contributed by atoms with van der Waals surface area (Å²) < 4.78 is 8.31. The molecule has 2 heterocycles. The van der Waals surface area contributed by atoms with Crippen molar-refractivity contribution in [3.63, 3.8) is 0 Å². The molecule has 0 amide bonds. The van der Waals surface area contributed by atoms with Gasteiger partial charge < -0.3 is 4.74 Å². The Balaban J connectivity index is 1.59. The van der Waals surface area contributed by atoms with E-state index in [0.717, 1.165) is 5.56 Å². The number of hydrogen-bond acceptors (Lipinski definition) is 6. The Hall–Kier alpha value is -3.39. The van der Waals surface area contributed by atoms with Crippen LogP contribution in [0.1, 0.15) is 15.9 Å². The maximum atomic E-state index is 12.9. The van der Waals surface area contributed by atoms with Crippen molar-refractivity contribution in [2.24, 2.45) is 0 Å². The van der Waals surface area contributed by atoms with Gasteiger partial charge in [0.25, 0.3) is 0 Å². The summed E-state index contributed by atoms with van der Waals surface area (Å²) in [7, 11) is 1.57. The van der Waals surface area contributed by atoms with Crippen molar-refractivity contribution >= 4 is 23.2 Å². The zero-order chi connectivity index (χ0) is 20.4. The molecule has 0 saturated heterocycles. The van der Waals surface area contributed by atoms with Gasteiger partial charge in [-0.25, -0.2) is 0 Å². The van der Waals surface area contributed by atoms with Crippen LogP contribution in [0.5, 0.6) is 5.75 Å². The van der Waals surface area contributed by atoms with Gasteiger partial charge in [0.15, 0.2) is 10.9 Å². The first-order chi connectivity index (χ1) is 14.1. The van der Waals surface area contributed by atoms with Gasteiger partial charge in [0.05, 0.1) is 18.6 Å². The Morgan fingerprint density at radius 1 is 1.10 bits per heavy atom. The molecule has 0 aliphatic carbocycles. The molecule has 0 aliphatic rings. The molecule has 146 valence electrons. The Kier molecular flexibility index (Phi) is 5.18. The number of hydrogen-bond donors (Lipinski definition) is 0. The average Bonchev–Trinajstić information content (AvgIpc) is 3.17. The SMILES string of the molecule is COc1cccc(-n2ccn3c(SCC(=O)c4ccc(C)cc4)nnc3c2=O)c1. The topological polar surface area (TPSA) is 78.5 Å². The van der Waals surface area contributed by atoms with Gasteiger partial charge in [-0.15, -0.1) is 10.2 Å². The molecule has 29 heavy (non-hydrogen) atoms.